The summed E-state index contributed by atoms with van der Waals surface area (Å²) in [5, 5.41) is 0.766. The normalized spacial score (nSPS) is 13.9. The minimum absolute atomic E-state index is 0.213. The molecule has 1 nitrogen and oxygen atoms in total. The van der Waals surface area contributed by atoms with Crippen LogP contribution in [-0.2, 0) is 4.79 Å². The SMILES string of the molecule is CC(=O)C(CC(C)C)SC(C)C. The standard InChI is InChI=1S/C10H20OS/c1-7(2)6-10(9(5)11)12-8(3)4/h7-8,10H,6H2,1-5H3. The number of rotatable bonds is 5. The van der Waals surface area contributed by atoms with Crippen LogP contribution >= 0.6 is 11.8 Å². The van der Waals surface area contributed by atoms with Crippen molar-refractivity contribution in [3.8, 4) is 0 Å². The van der Waals surface area contributed by atoms with Crippen LogP contribution in [0.4, 0.5) is 0 Å². The van der Waals surface area contributed by atoms with Crippen molar-refractivity contribution in [3.05, 3.63) is 0 Å². The molecule has 0 amide bonds. The fourth-order valence-electron chi connectivity index (χ4n) is 1.07. The second kappa shape index (κ2) is 5.63. The average Bonchev–Trinajstić information content (AvgIpc) is 1.83. The van der Waals surface area contributed by atoms with Gasteiger partial charge in [0.05, 0.1) is 5.25 Å². The number of hydrogen-bond acceptors (Lipinski definition) is 2. The Balaban J connectivity index is 3.96. The van der Waals surface area contributed by atoms with E-state index in [0.29, 0.717) is 17.0 Å². The molecule has 0 aromatic carbocycles. The lowest BCUT2D eigenvalue weighted by molar-refractivity contribution is -0.116. The van der Waals surface area contributed by atoms with Crippen LogP contribution in [0.2, 0.25) is 0 Å². The third kappa shape index (κ3) is 5.64. The van der Waals surface area contributed by atoms with Gasteiger partial charge in [-0.05, 0) is 24.5 Å². The molecule has 12 heavy (non-hydrogen) atoms. The third-order valence-corrected chi connectivity index (χ3v) is 2.97. The Kier molecular flexibility index (Phi) is 5.64. The lowest BCUT2D eigenvalue weighted by Crippen LogP contribution is -2.18. The fourth-order valence-corrected chi connectivity index (χ4v) is 2.42. The van der Waals surface area contributed by atoms with Gasteiger partial charge in [-0.2, -0.15) is 0 Å². The van der Waals surface area contributed by atoms with E-state index < -0.39 is 0 Å². The zero-order chi connectivity index (χ0) is 9.72. The Bertz CT molecular complexity index is 131. The van der Waals surface area contributed by atoms with Crippen molar-refractivity contribution in [2.45, 2.75) is 51.5 Å². The fraction of sp³-hybridized carbons (Fsp3) is 0.900. The highest BCUT2D eigenvalue weighted by molar-refractivity contribution is 8.01. The molecule has 0 aliphatic heterocycles. The zero-order valence-corrected chi connectivity index (χ0v) is 9.57. The topological polar surface area (TPSA) is 17.1 Å². The first-order valence-corrected chi connectivity index (χ1v) is 5.53. The maximum atomic E-state index is 11.2. The first kappa shape index (κ1) is 12.0. The van der Waals surface area contributed by atoms with Crippen molar-refractivity contribution in [2.24, 2.45) is 5.92 Å². The molecule has 1 unspecified atom stereocenters. The van der Waals surface area contributed by atoms with Crippen molar-refractivity contribution >= 4 is 17.5 Å². The van der Waals surface area contributed by atoms with E-state index in [-0.39, 0.29) is 5.25 Å². The molecule has 0 N–H and O–H groups in total. The number of hydrogen-bond donors (Lipinski definition) is 0. The number of Topliss-reactive ketones (excluding diaryl/α,β-unsaturated/α-hetero) is 1. The van der Waals surface area contributed by atoms with Gasteiger partial charge in [0.15, 0.2) is 0 Å². The highest BCUT2D eigenvalue weighted by atomic mass is 32.2. The molecule has 0 bridgehead atoms. The number of carbonyl (C=O) groups is 1. The van der Waals surface area contributed by atoms with Gasteiger partial charge < -0.3 is 0 Å². The summed E-state index contributed by atoms with van der Waals surface area (Å²) in [5.41, 5.74) is 0. The van der Waals surface area contributed by atoms with Crippen LogP contribution in [0.15, 0.2) is 0 Å². The van der Waals surface area contributed by atoms with E-state index in [1.165, 1.54) is 0 Å². The number of thioether (sulfide) groups is 1. The number of ketones is 1. The molecule has 0 heterocycles. The molecule has 0 saturated carbocycles. The summed E-state index contributed by atoms with van der Waals surface area (Å²) in [6.45, 7) is 10.3. The van der Waals surface area contributed by atoms with E-state index in [2.05, 4.69) is 27.7 Å². The molecule has 0 rings (SSSR count). The smallest absolute Gasteiger partial charge is 0.142 e. The second-order valence-corrected chi connectivity index (χ2v) is 5.70. The van der Waals surface area contributed by atoms with Crippen molar-refractivity contribution < 1.29 is 4.79 Å². The Labute approximate surface area is 80.3 Å². The van der Waals surface area contributed by atoms with E-state index >= 15 is 0 Å². The highest BCUT2D eigenvalue weighted by Crippen LogP contribution is 2.23. The van der Waals surface area contributed by atoms with Crippen molar-refractivity contribution in [2.75, 3.05) is 0 Å². The zero-order valence-electron chi connectivity index (χ0n) is 8.76. The van der Waals surface area contributed by atoms with Gasteiger partial charge in [0, 0.05) is 0 Å². The van der Waals surface area contributed by atoms with E-state index in [1.54, 1.807) is 18.7 Å². The van der Waals surface area contributed by atoms with Gasteiger partial charge in [-0.25, -0.2) is 0 Å². The molecule has 0 aromatic heterocycles. The summed E-state index contributed by atoms with van der Waals surface area (Å²) in [5.74, 6) is 0.938. The summed E-state index contributed by atoms with van der Waals surface area (Å²) < 4.78 is 0. The lowest BCUT2D eigenvalue weighted by atomic mass is 10.1. The average molecular weight is 188 g/mol. The lowest BCUT2D eigenvalue weighted by Gasteiger charge is -2.17. The van der Waals surface area contributed by atoms with Crippen LogP contribution in [0.1, 0.15) is 41.0 Å². The summed E-state index contributed by atoms with van der Waals surface area (Å²) in [6.07, 6.45) is 1.01. The Hall–Kier alpha value is 0.0200. The third-order valence-electron chi connectivity index (χ3n) is 1.58. The molecule has 0 radical (unpaired) electrons. The van der Waals surface area contributed by atoms with Gasteiger partial charge in [-0.15, -0.1) is 11.8 Å². The minimum Gasteiger partial charge on any atom is -0.299 e. The molecule has 2 heteroatoms. The largest absolute Gasteiger partial charge is 0.299 e. The predicted molar refractivity (Wildman–Crippen MR) is 56.7 cm³/mol. The van der Waals surface area contributed by atoms with Crippen LogP contribution in [-0.4, -0.2) is 16.3 Å². The first-order valence-electron chi connectivity index (χ1n) is 4.59. The van der Waals surface area contributed by atoms with Crippen LogP contribution in [0.3, 0.4) is 0 Å². The molecule has 1 atom stereocenters. The molecular formula is C10H20OS. The summed E-state index contributed by atoms with van der Waals surface area (Å²) in [4.78, 5) is 11.2. The van der Waals surface area contributed by atoms with E-state index in [9.17, 15) is 4.79 Å². The van der Waals surface area contributed by atoms with Gasteiger partial charge in [-0.1, -0.05) is 27.7 Å². The van der Waals surface area contributed by atoms with E-state index in [0.717, 1.165) is 6.42 Å². The minimum atomic E-state index is 0.213. The molecule has 0 saturated heterocycles. The van der Waals surface area contributed by atoms with Gasteiger partial charge in [-0.3, -0.25) is 4.79 Å². The predicted octanol–water partition coefficient (Wildman–Crippen LogP) is 3.13. The number of carbonyl (C=O) groups excluding carboxylic acids is 1. The van der Waals surface area contributed by atoms with Crippen LogP contribution in [0.5, 0.6) is 0 Å². The summed E-state index contributed by atoms with van der Waals surface area (Å²) in [6, 6.07) is 0. The van der Waals surface area contributed by atoms with Crippen LogP contribution < -0.4 is 0 Å². The van der Waals surface area contributed by atoms with Crippen molar-refractivity contribution in [1.82, 2.24) is 0 Å². The summed E-state index contributed by atoms with van der Waals surface area (Å²) >= 11 is 1.79. The molecular weight excluding hydrogens is 168 g/mol. The molecule has 0 fully saturated rings. The Morgan fingerprint density at radius 3 is 2.00 bits per heavy atom. The maximum Gasteiger partial charge on any atom is 0.142 e. The van der Waals surface area contributed by atoms with Crippen LogP contribution in [0, 0.1) is 5.92 Å². The summed E-state index contributed by atoms with van der Waals surface area (Å²) in [7, 11) is 0. The van der Waals surface area contributed by atoms with Crippen LogP contribution in [0.25, 0.3) is 0 Å². The van der Waals surface area contributed by atoms with E-state index in [1.807, 2.05) is 0 Å². The van der Waals surface area contributed by atoms with Gasteiger partial charge in [0.2, 0.25) is 0 Å². The van der Waals surface area contributed by atoms with E-state index in [4.69, 9.17) is 0 Å². The second-order valence-electron chi connectivity index (χ2n) is 3.91. The molecule has 0 aromatic rings. The molecule has 0 aliphatic rings. The van der Waals surface area contributed by atoms with Gasteiger partial charge in [0.25, 0.3) is 0 Å². The quantitative estimate of drug-likeness (QED) is 0.659. The highest BCUT2D eigenvalue weighted by Gasteiger charge is 2.17. The molecule has 72 valence electrons. The Morgan fingerprint density at radius 2 is 1.75 bits per heavy atom. The molecule has 0 aliphatic carbocycles. The molecule has 0 spiro atoms. The van der Waals surface area contributed by atoms with Crippen molar-refractivity contribution in [3.63, 3.8) is 0 Å². The van der Waals surface area contributed by atoms with Gasteiger partial charge in [0.1, 0.15) is 5.78 Å². The van der Waals surface area contributed by atoms with Crippen molar-refractivity contribution in [1.29, 1.82) is 0 Å². The van der Waals surface area contributed by atoms with Gasteiger partial charge >= 0.3 is 0 Å². The monoisotopic (exact) mass is 188 g/mol. The Morgan fingerprint density at radius 1 is 1.25 bits per heavy atom. The maximum absolute atomic E-state index is 11.2. The first-order chi connectivity index (χ1) is 5.43.